The molecule has 4 rings (SSSR count). The molecule has 1 N–H and O–H groups in total. The summed E-state index contributed by atoms with van der Waals surface area (Å²) in [5, 5.41) is 0. The Morgan fingerprint density at radius 1 is 1.19 bits per heavy atom. The zero-order valence-corrected chi connectivity index (χ0v) is 20.5. The maximum atomic E-state index is 9.19. The normalized spacial score (nSPS) is 18.0. The quantitative estimate of drug-likeness (QED) is 0.663. The molecule has 1 aliphatic carbocycles. The molecule has 2 aliphatic rings. The fourth-order valence-corrected chi connectivity index (χ4v) is 4.86. The lowest BCUT2D eigenvalue weighted by Gasteiger charge is -2.30. The Kier molecular flexibility index (Phi) is 8.33. The lowest BCUT2D eigenvalue weighted by atomic mass is 9.82. The first-order valence-electron chi connectivity index (χ1n) is 11.2. The first kappa shape index (κ1) is 24.7. The predicted octanol–water partition coefficient (Wildman–Crippen LogP) is 3.74. The molecule has 0 saturated heterocycles. The summed E-state index contributed by atoms with van der Waals surface area (Å²) in [6, 6.07) is 13.7. The van der Waals surface area contributed by atoms with E-state index in [2.05, 4.69) is 60.3 Å². The maximum Gasteiger partial charge on any atom is 0.261 e. The van der Waals surface area contributed by atoms with Crippen molar-refractivity contribution in [1.29, 1.82) is 0 Å². The molecule has 0 fully saturated rings. The third-order valence-corrected chi connectivity index (χ3v) is 6.27. The average molecular weight is 461 g/mol. The van der Waals surface area contributed by atoms with E-state index >= 15 is 0 Å². The van der Waals surface area contributed by atoms with E-state index in [4.69, 9.17) is 9.29 Å². The van der Waals surface area contributed by atoms with Gasteiger partial charge in [0, 0.05) is 26.2 Å². The van der Waals surface area contributed by atoms with Gasteiger partial charge in [-0.2, -0.15) is 8.42 Å². The Hall–Kier alpha value is -1.93. The Balaban J connectivity index is 0.000000523. The van der Waals surface area contributed by atoms with Gasteiger partial charge in [-0.3, -0.25) is 9.45 Å². The monoisotopic (exact) mass is 460 g/mol. The van der Waals surface area contributed by atoms with Crippen LogP contribution in [0.5, 0.6) is 5.75 Å². The van der Waals surface area contributed by atoms with Gasteiger partial charge in [0.25, 0.3) is 10.1 Å². The molecule has 7 heteroatoms. The van der Waals surface area contributed by atoms with Crippen LogP contribution < -0.4 is 4.74 Å². The molecule has 2 aromatic carbocycles. The molecule has 0 spiro atoms. The number of benzene rings is 2. The fraction of sp³-hybridized carbons (Fsp3) is 0.520. The first-order valence-corrected chi connectivity index (χ1v) is 13.0. The number of hydrogen-bond donors (Lipinski definition) is 1. The summed E-state index contributed by atoms with van der Waals surface area (Å²) < 4.78 is 31.5. The smallest absolute Gasteiger partial charge is 0.261 e. The van der Waals surface area contributed by atoms with Crippen molar-refractivity contribution in [3.63, 3.8) is 0 Å². The highest BCUT2D eigenvalue weighted by atomic mass is 32.2. The average Bonchev–Trinajstić information content (AvgIpc) is 3.10. The van der Waals surface area contributed by atoms with Crippen LogP contribution in [-0.2, 0) is 36.0 Å². The maximum absolute atomic E-state index is 9.19. The summed E-state index contributed by atoms with van der Waals surface area (Å²) in [7, 11) is 2.60. The highest BCUT2D eigenvalue weighted by molar-refractivity contribution is 7.85. The van der Waals surface area contributed by atoms with Gasteiger partial charge >= 0.3 is 0 Å². The summed E-state index contributed by atoms with van der Waals surface area (Å²) in [6.07, 6.45) is 5.56. The standard InChI is InChI=1S/C24H32N2O.CH4O3S/c1-25(13-12-18-10-11-19-15-26(2)17-21(19)14-18)16-20-6-4-8-23-22(20)7-5-9-24(23)27-3;1-5(2,3)4/h5,7,9-11,14,20H,4,6,8,12-13,15-17H2,1-3H3;1H3,(H,2,3,4)/t20-;/m0./s1. The van der Waals surface area contributed by atoms with Crippen molar-refractivity contribution in [2.45, 2.75) is 44.7 Å². The Bertz CT molecular complexity index is 1010. The van der Waals surface area contributed by atoms with Crippen LogP contribution in [0.25, 0.3) is 0 Å². The molecule has 32 heavy (non-hydrogen) atoms. The lowest BCUT2D eigenvalue weighted by molar-refractivity contribution is 0.299. The molecule has 1 heterocycles. The van der Waals surface area contributed by atoms with E-state index in [1.54, 1.807) is 7.11 Å². The van der Waals surface area contributed by atoms with E-state index in [1.165, 1.54) is 40.7 Å². The van der Waals surface area contributed by atoms with Gasteiger partial charge < -0.3 is 9.64 Å². The highest BCUT2D eigenvalue weighted by Crippen LogP contribution is 2.36. The zero-order chi connectivity index (χ0) is 23.3. The van der Waals surface area contributed by atoms with Crippen molar-refractivity contribution in [3.05, 3.63) is 64.2 Å². The van der Waals surface area contributed by atoms with E-state index in [0.29, 0.717) is 12.2 Å². The van der Waals surface area contributed by atoms with E-state index in [9.17, 15) is 8.42 Å². The summed E-state index contributed by atoms with van der Waals surface area (Å²) in [5.41, 5.74) is 7.44. The van der Waals surface area contributed by atoms with Crippen molar-refractivity contribution >= 4 is 10.1 Å². The van der Waals surface area contributed by atoms with Crippen molar-refractivity contribution in [1.82, 2.24) is 9.80 Å². The van der Waals surface area contributed by atoms with Gasteiger partial charge in [-0.15, -0.1) is 0 Å². The van der Waals surface area contributed by atoms with E-state index < -0.39 is 10.1 Å². The summed E-state index contributed by atoms with van der Waals surface area (Å²) >= 11 is 0. The second-order valence-corrected chi connectivity index (χ2v) is 10.6. The largest absolute Gasteiger partial charge is 0.496 e. The number of hydrogen-bond acceptors (Lipinski definition) is 5. The van der Waals surface area contributed by atoms with Crippen LogP contribution in [0.1, 0.15) is 46.6 Å². The molecule has 176 valence electrons. The van der Waals surface area contributed by atoms with Gasteiger partial charge in [-0.05, 0) is 79.6 Å². The van der Waals surface area contributed by atoms with Crippen molar-refractivity contribution in [2.75, 3.05) is 40.6 Å². The van der Waals surface area contributed by atoms with Crippen molar-refractivity contribution in [3.8, 4) is 5.75 Å². The van der Waals surface area contributed by atoms with Gasteiger partial charge in [0.2, 0.25) is 0 Å². The molecule has 6 nitrogen and oxygen atoms in total. The van der Waals surface area contributed by atoms with Gasteiger partial charge in [0.15, 0.2) is 0 Å². The Labute approximate surface area is 192 Å². The molecule has 0 saturated carbocycles. The highest BCUT2D eigenvalue weighted by Gasteiger charge is 2.23. The third kappa shape index (κ3) is 7.04. The minimum Gasteiger partial charge on any atom is -0.496 e. The lowest BCUT2D eigenvalue weighted by Crippen LogP contribution is -2.28. The molecule has 1 atom stereocenters. The predicted molar refractivity (Wildman–Crippen MR) is 129 cm³/mol. The Morgan fingerprint density at radius 3 is 2.62 bits per heavy atom. The van der Waals surface area contributed by atoms with E-state index in [0.717, 1.165) is 44.8 Å². The molecule has 1 aliphatic heterocycles. The van der Waals surface area contributed by atoms with Crippen molar-refractivity contribution in [2.24, 2.45) is 0 Å². The molecule has 0 unspecified atom stereocenters. The van der Waals surface area contributed by atoms with Crippen LogP contribution in [0.4, 0.5) is 0 Å². The second-order valence-electron chi connectivity index (χ2n) is 9.14. The Morgan fingerprint density at radius 2 is 1.91 bits per heavy atom. The van der Waals surface area contributed by atoms with Crippen LogP contribution in [-0.4, -0.2) is 63.3 Å². The minimum absolute atomic E-state index is 0.627. The minimum atomic E-state index is -3.67. The van der Waals surface area contributed by atoms with Crippen LogP contribution in [0.2, 0.25) is 0 Å². The number of nitrogens with zero attached hydrogens (tertiary/aromatic N) is 2. The molecular formula is C25H36N2O4S. The number of methoxy groups -OCH3 is 1. The van der Waals surface area contributed by atoms with Crippen LogP contribution >= 0.6 is 0 Å². The van der Waals surface area contributed by atoms with Crippen molar-refractivity contribution < 1.29 is 17.7 Å². The second kappa shape index (κ2) is 10.8. The molecule has 2 aromatic rings. The topological polar surface area (TPSA) is 70.1 Å². The number of rotatable bonds is 6. The molecule has 0 radical (unpaired) electrons. The van der Waals surface area contributed by atoms with Gasteiger partial charge in [0.1, 0.15) is 5.75 Å². The van der Waals surface area contributed by atoms with Crippen LogP contribution in [0, 0.1) is 0 Å². The molecular weight excluding hydrogens is 424 g/mol. The number of ether oxygens (including phenoxy) is 1. The number of fused-ring (bicyclic) bond motifs is 2. The third-order valence-electron chi connectivity index (χ3n) is 6.27. The van der Waals surface area contributed by atoms with Gasteiger partial charge in [-0.1, -0.05) is 30.3 Å². The first-order chi connectivity index (χ1) is 15.1. The molecule has 0 bridgehead atoms. The van der Waals surface area contributed by atoms with Gasteiger partial charge in [-0.25, -0.2) is 0 Å². The van der Waals surface area contributed by atoms with Crippen LogP contribution in [0.15, 0.2) is 36.4 Å². The zero-order valence-electron chi connectivity index (χ0n) is 19.7. The SMILES string of the molecule is COc1cccc2c1CCC[C@H]2CN(C)CCc1ccc2c(c1)CN(C)C2.CS(=O)(=O)O. The number of likely N-dealkylation sites (N-methyl/N-ethyl adjacent to an activating group) is 1. The summed E-state index contributed by atoms with van der Waals surface area (Å²) in [5.74, 6) is 1.70. The molecule has 0 amide bonds. The summed E-state index contributed by atoms with van der Waals surface area (Å²) in [6.45, 7) is 4.44. The molecule has 0 aromatic heterocycles. The van der Waals surface area contributed by atoms with E-state index in [1.807, 2.05) is 0 Å². The van der Waals surface area contributed by atoms with E-state index in [-0.39, 0.29) is 0 Å². The van der Waals surface area contributed by atoms with Crippen LogP contribution in [0.3, 0.4) is 0 Å². The summed E-state index contributed by atoms with van der Waals surface area (Å²) in [4.78, 5) is 4.90. The van der Waals surface area contributed by atoms with Gasteiger partial charge in [0.05, 0.1) is 13.4 Å². The fourth-order valence-electron chi connectivity index (χ4n) is 4.86.